The van der Waals surface area contributed by atoms with Crippen LogP contribution in [0.2, 0.25) is 5.02 Å². The first-order valence-corrected chi connectivity index (χ1v) is 8.52. The predicted octanol–water partition coefficient (Wildman–Crippen LogP) is 4.19. The second-order valence-electron chi connectivity index (χ2n) is 5.36. The van der Waals surface area contributed by atoms with E-state index in [2.05, 4.69) is 0 Å². The first-order valence-electron chi connectivity index (χ1n) is 7.33. The predicted molar refractivity (Wildman–Crippen MR) is 97.7 cm³/mol. The maximum atomic E-state index is 12.5. The summed E-state index contributed by atoms with van der Waals surface area (Å²) in [6.45, 7) is -0.208. The summed E-state index contributed by atoms with van der Waals surface area (Å²) in [6.07, 6.45) is 1.37. The Balaban J connectivity index is 1.89. The summed E-state index contributed by atoms with van der Waals surface area (Å²) >= 11 is 6.58. The zero-order valence-corrected chi connectivity index (χ0v) is 14.7. The smallest absolute Gasteiger partial charge is 0.293 e. The maximum Gasteiger partial charge on any atom is 0.293 e. The molecular weight excluding hydrogens is 380 g/mol. The molecule has 1 N–H and O–H groups in total. The Morgan fingerprint density at radius 1 is 1.23 bits per heavy atom. The fourth-order valence-electron chi connectivity index (χ4n) is 2.41. The van der Waals surface area contributed by atoms with Crippen LogP contribution in [0, 0.1) is 10.1 Å². The summed E-state index contributed by atoms with van der Waals surface area (Å²) in [5.74, 6) is -0.669. The fraction of sp³-hybridized carbons (Fsp3) is 0.0588. The number of para-hydroxylation sites is 1. The molecule has 0 aliphatic carbocycles. The lowest BCUT2D eigenvalue weighted by Gasteiger charge is -2.12. The van der Waals surface area contributed by atoms with Gasteiger partial charge in [0.05, 0.1) is 16.4 Å². The van der Waals surface area contributed by atoms with Crippen LogP contribution in [0.25, 0.3) is 6.08 Å². The van der Waals surface area contributed by atoms with Gasteiger partial charge < -0.3 is 5.11 Å². The molecule has 0 atom stereocenters. The normalized spacial score (nSPS) is 15.7. The Hall–Kier alpha value is -2.84. The fourth-order valence-corrected chi connectivity index (χ4v) is 3.42. The zero-order chi connectivity index (χ0) is 18.8. The van der Waals surface area contributed by atoms with E-state index in [1.807, 2.05) is 0 Å². The van der Waals surface area contributed by atoms with E-state index >= 15 is 0 Å². The number of halogens is 1. The number of nitrogens with zero attached hydrogens (tertiary/aromatic N) is 2. The number of amides is 2. The van der Waals surface area contributed by atoms with Crippen molar-refractivity contribution in [2.75, 3.05) is 0 Å². The third kappa shape index (κ3) is 3.56. The molecule has 2 amide bonds. The number of phenolic OH excluding ortho intramolecular Hbond substituents is 1. The second-order valence-corrected chi connectivity index (χ2v) is 6.79. The Morgan fingerprint density at radius 3 is 2.69 bits per heavy atom. The molecule has 7 nitrogen and oxygen atoms in total. The molecule has 0 spiro atoms. The highest BCUT2D eigenvalue weighted by atomic mass is 35.5. The van der Waals surface area contributed by atoms with Crippen molar-refractivity contribution < 1.29 is 19.6 Å². The lowest BCUT2D eigenvalue weighted by atomic mass is 10.1. The SMILES string of the molecule is O=C1S/C(=C\c2cc(Cl)ccc2O)C(=O)N1Cc1ccccc1[N+](=O)[O-]. The summed E-state index contributed by atoms with van der Waals surface area (Å²) < 4.78 is 0. The topological polar surface area (TPSA) is 101 Å². The van der Waals surface area contributed by atoms with Crippen LogP contribution in [0.5, 0.6) is 5.75 Å². The average Bonchev–Trinajstić information content (AvgIpc) is 2.86. The number of carbonyl (C=O) groups excluding carboxylic acids is 2. The van der Waals surface area contributed by atoms with Crippen LogP contribution in [-0.4, -0.2) is 26.1 Å². The molecule has 0 bridgehead atoms. The molecular formula is C17H11ClN2O5S. The van der Waals surface area contributed by atoms with Gasteiger partial charge in [0.2, 0.25) is 0 Å². The molecule has 0 unspecified atom stereocenters. The van der Waals surface area contributed by atoms with Crippen molar-refractivity contribution in [1.82, 2.24) is 4.90 Å². The summed E-state index contributed by atoms with van der Waals surface area (Å²) in [7, 11) is 0. The minimum Gasteiger partial charge on any atom is -0.507 e. The number of nitro groups is 1. The molecule has 1 aliphatic heterocycles. The molecule has 1 fully saturated rings. The van der Waals surface area contributed by atoms with Crippen molar-refractivity contribution >= 4 is 46.3 Å². The summed E-state index contributed by atoms with van der Waals surface area (Å²) in [6, 6.07) is 10.3. The molecule has 2 aromatic carbocycles. The molecule has 0 aromatic heterocycles. The molecule has 3 rings (SSSR count). The highest BCUT2D eigenvalue weighted by Crippen LogP contribution is 2.36. The summed E-state index contributed by atoms with van der Waals surface area (Å²) in [4.78, 5) is 36.3. The Bertz CT molecular complexity index is 960. The standard InChI is InChI=1S/C17H11ClN2O5S/c18-12-5-6-14(21)11(7-12)8-15-16(22)19(17(23)26-15)9-10-3-1-2-4-13(10)20(24)25/h1-8,21H,9H2/b15-8-. The highest BCUT2D eigenvalue weighted by molar-refractivity contribution is 8.18. The zero-order valence-electron chi connectivity index (χ0n) is 13.1. The minimum atomic E-state index is -0.586. The summed E-state index contributed by atoms with van der Waals surface area (Å²) in [5.41, 5.74) is 0.392. The number of hydrogen-bond donors (Lipinski definition) is 1. The van der Waals surface area contributed by atoms with Crippen LogP contribution >= 0.6 is 23.4 Å². The lowest BCUT2D eigenvalue weighted by Crippen LogP contribution is -2.27. The largest absolute Gasteiger partial charge is 0.507 e. The monoisotopic (exact) mass is 390 g/mol. The van der Waals surface area contributed by atoms with E-state index in [9.17, 15) is 24.8 Å². The number of aromatic hydroxyl groups is 1. The number of nitro benzene ring substituents is 1. The molecule has 1 heterocycles. The number of rotatable bonds is 4. The van der Waals surface area contributed by atoms with E-state index in [0.717, 1.165) is 4.90 Å². The third-order valence-corrected chi connectivity index (χ3v) is 4.81. The molecule has 2 aromatic rings. The van der Waals surface area contributed by atoms with Gasteiger partial charge in [-0.3, -0.25) is 24.6 Å². The number of hydrogen-bond acceptors (Lipinski definition) is 6. The van der Waals surface area contributed by atoms with Gasteiger partial charge in [-0.05, 0) is 36.0 Å². The van der Waals surface area contributed by atoms with Gasteiger partial charge in [-0.25, -0.2) is 0 Å². The first kappa shape index (κ1) is 18.0. The number of carbonyl (C=O) groups is 2. The van der Waals surface area contributed by atoms with Crippen LogP contribution in [0.1, 0.15) is 11.1 Å². The lowest BCUT2D eigenvalue weighted by molar-refractivity contribution is -0.385. The van der Waals surface area contributed by atoms with Gasteiger partial charge >= 0.3 is 0 Å². The van der Waals surface area contributed by atoms with E-state index in [1.165, 1.54) is 42.5 Å². The van der Waals surface area contributed by atoms with E-state index in [4.69, 9.17) is 11.6 Å². The maximum absolute atomic E-state index is 12.5. The van der Waals surface area contributed by atoms with Crippen molar-refractivity contribution in [2.45, 2.75) is 6.54 Å². The molecule has 1 aliphatic rings. The van der Waals surface area contributed by atoms with Gasteiger partial charge in [0, 0.05) is 22.2 Å². The quantitative estimate of drug-likeness (QED) is 0.477. The van der Waals surface area contributed by atoms with Crippen molar-refractivity contribution in [2.24, 2.45) is 0 Å². The van der Waals surface area contributed by atoms with Gasteiger partial charge in [0.15, 0.2) is 0 Å². The van der Waals surface area contributed by atoms with Crippen LogP contribution < -0.4 is 0 Å². The number of thioether (sulfide) groups is 1. The van der Waals surface area contributed by atoms with E-state index in [0.29, 0.717) is 22.3 Å². The molecule has 0 saturated carbocycles. The van der Waals surface area contributed by atoms with Crippen LogP contribution in [-0.2, 0) is 11.3 Å². The van der Waals surface area contributed by atoms with Gasteiger partial charge in [0.1, 0.15) is 5.75 Å². The Morgan fingerprint density at radius 2 is 1.96 bits per heavy atom. The van der Waals surface area contributed by atoms with Crippen LogP contribution in [0.15, 0.2) is 47.4 Å². The number of benzene rings is 2. The van der Waals surface area contributed by atoms with Gasteiger partial charge in [-0.1, -0.05) is 29.8 Å². The Labute approximate surface area is 157 Å². The molecule has 0 radical (unpaired) electrons. The van der Waals surface area contributed by atoms with Gasteiger partial charge in [0.25, 0.3) is 16.8 Å². The number of phenols is 1. The first-order chi connectivity index (χ1) is 12.4. The third-order valence-electron chi connectivity index (χ3n) is 3.67. The van der Waals surface area contributed by atoms with Crippen molar-refractivity contribution in [3.05, 3.63) is 73.6 Å². The highest BCUT2D eigenvalue weighted by Gasteiger charge is 2.36. The van der Waals surface area contributed by atoms with E-state index < -0.39 is 16.1 Å². The average molecular weight is 391 g/mol. The van der Waals surface area contributed by atoms with Crippen molar-refractivity contribution in [3.63, 3.8) is 0 Å². The summed E-state index contributed by atoms with van der Waals surface area (Å²) in [5, 5.41) is 20.8. The number of imide groups is 1. The van der Waals surface area contributed by atoms with Crippen molar-refractivity contribution in [1.29, 1.82) is 0 Å². The molecule has 9 heteroatoms. The van der Waals surface area contributed by atoms with E-state index in [-0.39, 0.29) is 28.5 Å². The minimum absolute atomic E-state index is 0.0834. The van der Waals surface area contributed by atoms with Crippen LogP contribution in [0.4, 0.5) is 10.5 Å². The van der Waals surface area contributed by atoms with E-state index in [1.54, 1.807) is 6.07 Å². The van der Waals surface area contributed by atoms with Crippen LogP contribution in [0.3, 0.4) is 0 Å². The van der Waals surface area contributed by atoms with Crippen molar-refractivity contribution in [3.8, 4) is 5.75 Å². The molecule has 26 heavy (non-hydrogen) atoms. The Kier molecular flexibility index (Phi) is 4.97. The molecule has 1 saturated heterocycles. The molecule has 132 valence electrons. The second kappa shape index (κ2) is 7.19. The van der Waals surface area contributed by atoms with Gasteiger partial charge in [-0.2, -0.15) is 0 Å². The van der Waals surface area contributed by atoms with Gasteiger partial charge in [-0.15, -0.1) is 0 Å².